The zero-order chi connectivity index (χ0) is 22.4. The summed E-state index contributed by atoms with van der Waals surface area (Å²) in [5.74, 6) is 1.25. The first-order valence-corrected chi connectivity index (χ1v) is 11.8. The Morgan fingerprint density at radius 2 is 1.77 bits per heavy atom. The molecule has 0 aliphatic carbocycles. The van der Waals surface area contributed by atoms with Gasteiger partial charge in [-0.1, -0.05) is 17.7 Å². The SMILES string of the molecule is Cc1ccc(S(=O)(=O)NCCCCN(C(=O)NC(C)C)c2ccc3c(c2)OCO3)cc1. The summed E-state index contributed by atoms with van der Waals surface area (Å²) in [6.07, 6.45) is 1.21. The van der Waals surface area contributed by atoms with E-state index >= 15 is 0 Å². The average Bonchev–Trinajstić information content (AvgIpc) is 3.18. The number of sulfonamides is 1. The number of urea groups is 1. The molecule has 2 N–H and O–H groups in total. The van der Waals surface area contributed by atoms with E-state index in [1.54, 1.807) is 41.3 Å². The van der Waals surface area contributed by atoms with Gasteiger partial charge in [-0.2, -0.15) is 0 Å². The number of fused-ring (bicyclic) bond motifs is 1. The standard InChI is InChI=1S/C22H29N3O5S/c1-16(2)24-22(26)25(18-8-11-20-21(14-18)30-15-29-20)13-5-4-12-23-31(27,28)19-9-6-17(3)7-10-19/h6-11,14,16,23H,4-5,12-13,15H2,1-3H3,(H,24,26). The second-order valence-corrected chi connectivity index (χ2v) is 9.48. The Morgan fingerprint density at radius 1 is 1.06 bits per heavy atom. The Kier molecular flexibility index (Phi) is 7.40. The number of nitrogens with zero attached hydrogens (tertiary/aromatic N) is 1. The van der Waals surface area contributed by atoms with E-state index in [0.29, 0.717) is 36.6 Å². The van der Waals surface area contributed by atoms with E-state index in [9.17, 15) is 13.2 Å². The van der Waals surface area contributed by atoms with Crippen molar-refractivity contribution in [3.05, 3.63) is 48.0 Å². The fourth-order valence-corrected chi connectivity index (χ4v) is 4.20. The summed E-state index contributed by atoms with van der Waals surface area (Å²) >= 11 is 0. The summed E-state index contributed by atoms with van der Waals surface area (Å²) in [4.78, 5) is 14.6. The molecule has 168 valence electrons. The highest BCUT2D eigenvalue weighted by molar-refractivity contribution is 7.89. The first kappa shape index (κ1) is 22.9. The maximum Gasteiger partial charge on any atom is 0.322 e. The van der Waals surface area contributed by atoms with E-state index in [-0.39, 0.29) is 30.3 Å². The van der Waals surface area contributed by atoms with Gasteiger partial charge < -0.3 is 14.8 Å². The zero-order valence-corrected chi connectivity index (χ0v) is 18.9. The quantitative estimate of drug-likeness (QED) is 0.574. The zero-order valence-electron chi connectivity index (χ0n) is 18.1. The van der Waals surface area contributed by atoms with Crippen molar-refractivity contribution >= 4 is 21.7 Å². The third-order valence-corrected chi connectivity index (χ3v) is 6.23. The lowest BCUT2D eigenvalue weighted by atomic mass is 10.2. The maximum absolute atomic E-state index is 12.7. The summed E-state index contributed by atoms with van der Waals surface area (Å²) in [6, 6.07) is 11.9. The van der Waals surface area contributed by atoms with Crippen LogP contribution in [0.15, 0.2) is 47.4 Å². The second kappa shape index (κ2) is 10.0. The molecule has 0 bridgehead atoms. The highest BCUT2D eigenvalue weighted by atomic mass is 32.2. The predicted molar refractivity (Wildman–Crippen MR) is 119 cm³/mol. The van der Waals surface area contributed by atoms with Crippen molar-refractivity contribution in [1.29, 1.82) is 0 Å². The summed E-state index contributed by atoms with van der Waals surface area (Å²) in [5.41, 5.74) is 1.70. The molecular formula is C22H29N3O5S. The van der Waals surface area contributed by atoms with E-state index < -0.39 is 10.0 Å². The number of hydrogen-bond acceptors (Lipinski definition) is 5. The van der Waals surface area contributed by atoms with Gasteiger partial charge in [0.2, 0.25) is 16.8 Å². The number of unbranched alkanes of at least 4 members (excludes halogenated alkanes) is 1. The number of benzene rings is 2. The van der Waals surface area contributed by atoms with E-state index in [0.717, 1.165) is 5.56 Å². The van der Waals surface area contributed by atoms with Crippen LogP contribution in [0.1, 0.15) is 32.3 Å². The number of amides is 2. The van der Waals surface area contributed by atoms with E-state index in [1.165, 1.54) is 0 Å². The molecule has 0 saturated heterocycles. The van der Waals surface area contributed by atoms with Gasteiger partial charge in [-0.25, -0.2) is 17.9 Å². The van der Waals surface area contributed by atoms with Crippen molar-refractivity contribution in [2.24, 2.45) is 0 Å². The Morgan fingerprint density at radius 3 is 2.48 bits per heavy atom. The van der Waals surface area contributed by atoms with Gasteiger partial charge in [0.1, 0.15) is 0 Å². The topological polar surface area (TPSA) is 97.0 Å². The second-order valence-electron chi connectivity index (χ2n) is 7.71. The van der Waals surface area contributed by atoms with Gasteiger partial charge in [0, 0.05) is 30.9 Å². The van der Waals surface area contributed by atoms with Crippen LogP contribution in [0, 0.1) is 6.92 Å². The average molecular weight is 448 g/mol. The number of anilines is 1. The van der Waals surface area contributed by atoms with Crippen LogP contribution in [0.5, 0.6) is 11.5 Å². The molecule has 0 spiro atoms. The lowest BCUT2D eigenvalue weighted by Crippen LogP contribution is -2.43. The molecule has 3 rings (SSSR count). The van der Waals surface area contributed by atoms with Crippen molar-refractivity contribution in [2.45, 2.75) is 44.6 Å². The summed E-state index contributed by atoms with van der Waals surface area (Å²) in [5, 5.41) is 2.90. The van der Waals surface area contributed by atoms with Gasteiger partial charge in [0.05, 0.1) is 4.90 Å². The fraction of sp³-hybridized carbons (Fsp3) is 0.409. The van der Waals surface area contributed by atoms with Crippen LogP contribution in [-0.4, -0.2) is 40.4 Å². The van der Waals surface area contributed by atoms with Crippen LogP contribution >= 0.6 is 0 Å². The van der Waals surface area contributed by atoms with Crippen molar-refractivity contribution in [1.82, 2.24) is 10.0 Å². The molecule has 31 heavy (non-hydrogen) atoms. The number of carbonyl (C=O) groups is 1. The Hall–Kier alpha value is -2.78. The smallest absolute Gasteiger partial charge is 0.322 e. The van der Waals surface area contributed by atoms with Crippen molar-refractivity contribution in [2.75, 3.05) is 24.8 Å². The normalized spacial score (nSPS) is 12.8. The van der Waals surface area contributed by atoms with Gasteiger partial charge in [0.15, 0.2) is 11.5 Å². The van der Waals surface area contributed by atoms with E-state index in [4.69, 9.17) is 9.47 Å². The molecule has 0 saturated carbocycles. The summed E-state index contributed by atoms with van der Waals surface area (Å²) < 4.78 is 38.2. The molecule has 0 aromatic heterocycles. The number of nitrogens with one attached hydrogen (secondary N) is 2. The lowest BCUT2D eigenvalue weighted by Gasteiger charge is -2.24. The molecule has 2 aromatic rings. The van der Waals surface area contributed by atoms with Crippen LogP contribution < -0.4 is 24.4 Å². The molecule has 1 aliphatic heterocycles. The molecule has 0 radical (unpaired) electrons. The number of carbonyl (C=O) groups excluding carboxylic acids is 1. The molecule has 0 atom stereocenters. The fourth-order valence-electron chi connectivity index (χ4n) is 3.13. The molecule has 0 unspecified atom stereocenters. The van der Waals surface area contributed by atoms with Crippen LogP contribution in [0.25, 0.3) is 0 Å². The maximum atomic E-state index is 12.7. The molecule has 2 aromatic carbocycles. The van der Waals surface area contributed by atoms with Gasteiger partial charge in [-0.05, 0) is 57.9 Å². The van der Waals surface area contributed by atoms with Gasteiger partial charge in [-0.15, -0.1) is 0 Å². The molecule has 1 heterocycles. The first-order valence-electron chi connectivity index (χ1n) is 10.3. The van der Waals surface area contributed by atoms with Crippen molar-refractivity contribution in [3.8, 4) is 11.5 Å². The predicted octanol–water partition coefficient (Wildman–Crippen LogP) is 3.41. The summed E-state index contributed by atoms with van der Waals surface area (Å²) in [6.45, 7) is 6.59. The molecule has 2 amide bonds. The monoisotopic (exact) mass is 447 g/mol. The van der Waals surface area contributed by atoms with Crippen LogP contribution in [0.2, 0.25) is 0 Å². The van der Waals surface area contributed by atoms with Crippen LogP contribution in [0.3, 0.4) is 0 Å². The summed E-state index contributed by atoms with van der Waals surface area (Å²) in [7, 11) is -3.54. The molecular weight excluding hydrogens is 418 g/mol. The van der Waals surface area contributed by atoms with Crippen molar-refractivity contribution in [3.63, 3.8) is 0 Å². The molecule has 1 aliphatic rings. The highest BCUT2D eigenvalue weighted by Crippen LogP contribution is 2.35. The minimum atomic E-state index is -3.54. The van der Waals surface area contributed by atoms with Gasteiger partial charge in [0.25, 0.3) is 0 Å². The number of rotatable bonds is 9. The number of ether oxygens (including phenoxy) is 2. The van der Waals surface area contributed by atoms with Crippen molar-refractivity contribution < 1.29 is 22.7 Å². The first-order chi connectivity index (χ1) is 14.8. The minimum Gasteiger partial charge on any atom is -0.454 e. The largest absolute Gasteiger partial charge is 0.454 e. The van der Waals surface area contributed by atoms with E-state index in [2.05, 4.69) is 10.0 Å². The van der Waals surface area contributed by atoms with Crippen LogP contribution in [-0.2, 0) is 10.0 Å². The van der Waals surface area contributed by atoms with Gasteiger partial charge in [-0.3, -0.25) is 4.90 Å². The Labute approximate surface area is 183 Å². The Bertz CT molecular complexity index is 1010. The van der Waals surface area contributed by atoms with Gasteiger partial charge >= 0.3 is 6.03 Å². The highest BCUT2D eigenvalue weighted by Gasteiger charge is 2.21. The lowest BCUT2D eigenvalue weighted by molar-refractivity contribution is 0.174. The molecule has 0 fully saturated rings. The number of aryl methyl sites for hydroxylation is 1. The minimum absolute atomic E-state index is 0.00895. The third kappa shape index (κ3) is 6.11. The molecule has 8 nitrogen and oxygen atoms in total. The Balaban J connectivity index is 1.58. The van der Waals surface area contributed by atoms with Crippen LogP contribution in [0.4, 0.5) is 10.5 Å². The third-order valence-electron chi connectivity index (χ3n) is 4.76. The molecule has 9 heteroatoms. The number of hydrogen-bond donors (Lipinski definition) is 2. The van der Waals surface area contributed by atoms with E-state index in [1.807, 2.05) is 26.8 Å².